The zero-order chi connectivity index (χ0) is 18.7. The van der Waals surface area contributed by atoms with E-state index in [-0.39, 0.29) is 46.4 Å². The maximum absolute atomic E-state index is 2.56. The van der Waals surface area contributed by atoms with Crippen LogP contribution in [0.15, 0.2) is 84.5 Å². The Labute approximate surface area is 212 Å². The van der Waals surface area contributed by atoms with Gasteiger partial charge in [-0.2, -0.15) is 0 Å². The molecular formula is C26H29Cl3Ti. The number of halogens is 3. The summed E-state index contributed by atoms with van der Waals surface area (Å²) >= 11 is 2.56. The number of allylic oxidation sites excluding steroid dienone is 4. The van der Waals surface area contributed by atoms with Crippen LogP contribution in [-0.4, -0.2) is 0 Å². The van der Waals surface area contributed by atoms with Gasteiger partial charge >= 0.3 is 177 Å². The number of rotatable bonds is 6. The van der Waals surface area contributed by atoms with Crippen LogP contribution in [0, 0.1) is 5.92 Å². The van der Waals surface area contributed by atoms with Crippen LogP contribution in [-0.2, 0) is 25.9 Å². The summed E-state index contributed by atoms with van der Waals surface area (Å²) in [7, 11) is 0. The third-order valence-corrected chi connectivity index (χ3v) is 8.31. The van der Waals surface area contributed by atoms with Crippen molar-refractivity contribution in [2.24, 2.45) is 5.92 Å². The fourth-order valence-electron chi connectivity index (χ4n) is 5.49. The molecule has 0 bridgehead atoms. The minimum absolute atomic E-state index is 0. The zero-order valence-corrected chi connectivity index (χ0v) is 21.3. The normalized spacial score (nSPS) is 22.1. The van der Waals surface area contributed by atoms with Crippen LogP contribution >= 0.6 is 0 Å². The van der Waals surface area contributed by atoms with E-state index in [1.807, 2.05) is 0 Å². The fraction of sp³-hybridized carbons (Fsp3) is 0.385. The Balaban J connectivity index is 0.00000150. The third-order valence-electron chi connectivity index (χ3n) is 6.80. The first kappa shape index (κ1) is 27.5. The van der Waals surface area contributed by atoms with Crippen LogP contribution in [0.25, 0.3) is 0 Å². The van der Waals surface area contributed by atoms with E-state index in [1.165, 1.54) is 49.7 Å². The molecule has 0 aromatic heterocycles. The predicted octanol–water partition coefficient (Wildman–Crippen LogP) is -1.82. The average molecular weight is 496 g/mol. The Morgan fingerprint density at radius 3 is 2.03 bits per heavy atom. The summed E-state index contributed by atoms with van der Waals surface area (Å²) in [5, 5.41) is 0. The predicted molar refractivity (Wildman–Crippen MR) is 110 cm³/mol. The Hall–Kier alpha value is -0.496. The SMILES string of the molecule is CCCCC(c1ccccc1)(c1ccccc1)[C]1([Ti+3])CCC2CC=CC=C21.[Cl-].[Cl-].[Cl-]. The Kier molecular flexibility index (Phi) is 11.0. The molecule has 0 saturated heterocycles. The van der Waals surface area contributed by atoms with Crippen molar-refractivity contribution >= 4 is 0 Å². The molecule has 2 aromatic carbocycles. The molecule has 158 valence electrons. The second kappa shape index (κ2) is 11.9. The van der Waals surface area contributed by atoms with Gasteiger partial charge in [-0.05, 0) is 0 Å². The zero-order valence-electron chi connectivity index (χ0n) is 17.5. The summed E-state index contributed by atoms with van der Waals surface area (Å²) in [6, 6.07) is 22.7. The number of unbranched alkanes of at least 4 members (excludes halogenated alkanes) is 1. The van der Waals surface area contributed by atoms with Crippen molar-refractivity contribution in [1.82, 2.24) is 0 Å². The van der Waals surface area contributed by atoms with Gasteiger partial charge in [-0.3, -0.25) is 0 Å². The Morgan fingerprint density at radius 1 is 0.933 bits per heavy atom. The molecule has 4 heteroatoms. The molecule has 2 unspecified atom stereocenters. The fourth-order valence-corrected chi connectivity index (χ4v) is 6.81. The van der Waals surface area contributed by atoms with Crippen molar-refractivity contribution in [3.8, 4) is 0 Å². The maximum atomic E-state index is 2.56. The molecule has 0 radical (unpaired) electrons. The van der Waals surface area contributed by atoms with Crippen LogP contribution in [0.5, 0.6) is 0 Å². The van der Waals surface area contributed by atoms with E-state index in [4.69, 9.17) is 0 Å². The van der Waals surface area contributed by atoms with Crippen molar-refractivity contribution in [3.05, 3.63) is 95.6 Å². The molecule has 1 saturated carbocycles. The molecule has 0 N–H and O–H groups in total. The first-order chi connectivity index (χ1) is 13.2. The Bertz CT molecular complexity index is 792. The summed E-state index contributed by atoms with van der Waals surface area (Å²) in [5.41, 5.74) is 4.71. The average Bonchev–Trinajstić information content (AvgIpc) is 3.09. The van der Waals surface area contributed by atoms with Crippen LogP contribution in [0.3, 0.4) is 0 Å². The molecule has 0 heterocycles. The topological polar surface area (TPSA) is 0 Å². The van der Waals surface area contributed by atoms with Gasteiger partial charge in [0.1, 0.15) is 0 Å². The second-order valence-corrected chi connectivity index (χ2v) is 9.50. The molecular weight excluding hydrogens is 467 g/mol. The van der Waals surface area contributed by atoms with E-state index in [9.17, 15) is 0 Å². The van der Waals surface area contributed by atoms with E-state index >= 15 is 0 Å². The first-order valence-corrected chi connectivity index (χ1v) is 11.2. The van der Waals surface area contributed by atoms with Crippen LogP contribution in [0.1, 0.15) is 56.6 Å². The van der Waals surface area contributed by atoms with E-state index in [2.05, 4.69) is 106 Å². The van der Waals surface area contributed by atoms with E-state index < -0.39 is 0 Å². The maximum Gasteiger partial charge on any atom is -1.00 e. The first-order valence-electron chi connectivity index (χ1n) is 10.5. The van der Waals surface area contributed by atoms with Crippen molar-refractivity contribution in [3.63, 3.8) is 0 Å². The van der Waals surface area contributed by atoms with E-state index in [0.717, 1.165) is 5.92 Å². The van der Waals surface area contributed by atoms with Crippen LogP contribution < -0.4 is 37.2 Å². The summed E-state index contributed by atoms with van der Waals surface area (Å²) in [6.45, 7) is 2.32. The van der Waals surface area contributed by atoms with Crippen molar-refractivity contribution in [2.75, 3.05) is 0 Å². The van der Waals surface area contributed by atoms with Crippen molar-refractivity contribution < 1.29 is 57.7 Å². The van der Waals surface area contributed by atoms with Crippen LogP contribution in [0.4, 0.5) is 0 Å². The molecule has 2 aromatic rings. The molecule has 1 fully saturated rings. The third kappa shape index (κ3) is 4.64. The van der Waals surface area contributed by atoms with Gasteiger partial charge in [0.25, 0.3) is 0 Å². The summed E-state index contributed by atoms with van der Waals surface area (Å²) in [4.78, 5) is 0. The van der Waals surface area contributed by atoms with E-state index in [0.29, 0.717) is 0 Å². The van der Waals surface area contributed by atoms with Gasteiger partial charge in [-0.15, -0.1) is 0 Å². The molecule has 30 heavy (non-hydrogen) atoms. The molecule has 2 aliphatic rings. The number of fused-ring (bicyclic) bond motifs is 1. The number of hydrogen-bond acceptors (Lipinski definition) is 0. The molecule has 0 amide bonds. The van der Waals surface area contributed by atoms with E-state index in [1.54, 1.807) is 5.57 Å². The minimum Gasteiger partial charge on any atom is -1.00 e. The van der Waals surface area contributed by atoms with Gasteiger partial charge in [-0.1, -0.05) is 0 Å². The number of hydrogen-bond donors (Lipinski definition) is 0. The van der Waals surface area contributed by atoms with Gasteiger partial charge in [0, 0.05) is 0 Å². The molecule has 2 aliphatic carbocycles. The minimum atomic E-state index is 0. The summed E-state index contributed by atoms with van der Waals surface area (Å²) in [5.74, 6) is 0.730. The van der Waals surface area contributed by atoms with Crippen molar-refractivity contribution in [2.45, 2.75) is 54.6 Å². The standard InChI is InChI=1S/C26H29.3ClH.Ti/c1-2-3-20-26(22-13-6-4-7-14-22,23-15-8-5-9-16-23)25-19-18-21-12-10-11-17-24(21)25;;;;/h4-11,13-17,21H,2-3,12,18-20H2,1H3;3*1H;/q;;;;+3/p-3. The van der Waals surface area contributed by atoms with Crippen LogP contribution in [0.2, 0.25) is 3.72 Å². The Morgan fingerprint density at radius 2 is 1.50 bits per heavy atom. The van der Waals surface area contributed by atoms with Gasteiger partial charge < -0.3 is 37.2 Å². The summed E-state index contributed by atoms with van der Waals surface area (Å²) < 4.78 is 0.167. The monoisotopic (exact) mass is 494 g/mol. The largest absolute Gasteiger partial charge is 1.00 e. The second-order valence-electron chi connectivity index (χ2n) is 8.17. The van der Waals surface area contributed by atoms with Gasteiger partial charge in [0.15, 0.2) is 0 Å². The molecule has 0 nitrogen and oxygen atoms in total. The summed E-state index contributed by atoms with van der Waals surface area (Å²) in [6.07, 6.45) is 14.6. The molecule has 4 rings (SSSR count). The number of benzene rings is 2. The molecule has 0 spiro atoms. The molecule has 2 atom stereocenters. The van der Waals surface area contributed by atoms with Crippen molar-refractivity contribution in [1.29, 1.82) is 0 Å². The quantitative estimate of drug-likeness (QED) is 0.414. The molecule has 0 aliphatic heterocycles. The van der Waals surface area contributed by atoms with Gasteiger partial charge in [0.2, 0.25) is 0 Å². The van der Waals surface area contributed by atoms with Gasteiger partial charge in [0.05, 0.1) is 0 Å². The smallest absolute Gasteiger partial charge is 1.00 e. The van der Waals surface area contributed by atoms with Gasteiger partial charge in [-0.25, -0.2) is 0 Å².